The first-order valence-corrected chi connectivity index (χ1v) is 14.9. The zero-order chi connectivity index (χ0) is 33.4. The molecule has 0 bridgehead atoms. The van der Waals surface area contributed by atoms with Crippen LogP contribution in [0.2, 0.25) is 0 Å². The van der Waals surface area contributed by atoms with Crippen molar-refractivity contribution >= 4 is 23.5 Å². The fourth-order valence-corrected chi connectivity index (χ4v) is 6.13. The van der Waals surface area contributed by atoms with E-state index in [-0.39, 0.29) is 30.6 Å². The van der Waals surface area contributed by atoms with Crippen LogP contribution in [0.1, 0.15) is 60.7 Å². The zero-order valence-electron chi connectivity index (χ0n) is 25.8. The van der Waals surface area contributed by atoms with E-state index in [2.05, 4.69) is 15.1 Å². The second kappa shape index (κ2) is 13.0. The third-order valence-electron chi connectivity index (χ3n) is 8.23. The summed E-state index contributed by atoms with van der Waals surface area (Å²) in [6.45, 7) is 7.30. The molecular formula is C30H35F6N7O3. The lowest BCUT2D eigenvalue weighted by Crippen LogP contribution is -2.48. The molecule has 2 aromatic heterocycles. The highest BCUT2D eigenvalue weighted by Crippen LogP contribution is 2.45. The maximum Gasteiger partial charge on any atom is 0.416 e. The molecule has 2 atom stereocenters. The first-order chi connectivity index (χ1) is 21.7. The molecule has 0 aliphatic carbocycles. The molecule has 0 N–H and O–H groups in total. The van der Waals surface area contributed by atoms with E-state index in [9.17, 15) is 31.1 Å². The van der Waals surface area contributed by atoms with Crippen LogP contribution in [0.15, 0.2) is 30.6 Å². The SMILES string of the molecule is CCOC(=O)N1c2c(c(C)nn2C)C(N(Cc2cc(C(F)(F)F)cc(C(F)(F)F)c2)c2ncc(N3CCOCC3)cn2)CC1CC. The number of morpholine rings is 1. The fraction of sp³-hybridized carbons (Fsp3) is 0.533. The number of alkyl halides is 6. The Morgan fingerprint density at radius 2 is 1.63 bits per heavy atom. The molecule has 4 heterocycles. The normalized spacial score (nSPS) is 18.8. The fourth-order valence-electron chi connectivity index (χ4n) is 6.13. The van der Waals surface area contributed by atoms with E-state index in [1.165, 1.54) is 9.58 Å². The summed E-state index contributed by atoms with van der Waals surface area (Å²) in [6.07, 6.45) is -6.71. The lowest BCUT2D eigenvalue weighted by molar-refractivity contribution is -0.143. The van der Waals surface area contributed by atoms with E-state index in [1.807, 2.05) is 11.8 Å². The maximum absolute atomic E-state index is 13.8. The molecule has 1 amide bonds. The molecule has 0 spiro atoms. The number of amides is 1. The van der Waals surface area contributed by atoms with Gasteiger partial charge in [0, 0.05) is 38.3 Å². The van der Waals surface area contributed by atoms with E-state index in [0.717, 1.165) is 0 Å². The molecule has 0 radical (unpaired) electrons. The Balaban J connectivity index is 1.65. The second-order valence-corrected chi connectivity index (χ2v) is 11.2. The predicted molar refractivity (Wildman–Crippen MR) is 157 cm³/mol. The third-order valence-corrected chi connectivity index (χ3v) is 8.23. The number of fused-ring (bicyclic) bond motifs is 1. The van der Waals surface area contributed by atoms with Crippen molar-refractivity contribution in [1.29, 1.82) is 0 Å². The number of benzene rings is 1. The van der Waals surface area contributed by atoms with Gasteiger partial charge in [0.15, 0.2) is 0 Å². The van der Waals surface area contributed by atoms with Gasteiger partial charge in [-0.3, -0.25) is 9.58 Å². The Kier molecular flexibility index (Phi) is 9.38. The van der Waals surface area contributed by atoms with E-state index < -0.39 is 48.2 Å². The van der Waals surface area contributed by atoms with Crippen molar-refractivity contribution in [2.45, 2.75) is 64.6 Å². The molecule has 2 aliphatic rings. The van der Waals surface area contributed by atoms with E-state index in [4.69, 9.17) is 9.47 Å². The minimum atomic E-state index is -5.01. The minimum Gasteiger partial charge on any atom is -0.449 e. The van der Waals surface area contributed by atoms with Gasteiger partial charge >= 0.3 is 18.4 Å². The number of rotatable bonds is 7. The summed E-state index contributed by atoms with van der Waals surface area (Å²) in [5.41, 5.74) is -1.25. The molecule has 2 unspecified atom stereocenters. The minimum absolute atomic E-state index is 0.0987. The summed E-state index contributed by atoms with van der Waals surface area (Å²) in [7, 11) is 1.66. The number of ether oxygens (including phenoxy) is 2. The topological polar surface area (TPSA) is 88.9 Å². The Morgan fingerprint density at radius 1 is 1.02 bits per heavy atom. The summed E-state index contributed by atoms with van der Waals surface area (Å²) in [6, 6.07) is 0.431. The monoisotopic (exact) mass is 655 g/mol. The van der Waals surface area contributed by atoms with Crippen molar-refractivity contribution in [3.8, 4) is 0 Å². The van der Waals surface area contributed by atoms with E-state index in [1.54, 1.807) is 38.2 Å². The van der Waals surface area contributed by atoms with Crippen LogP contribution in [0.25, 0.3) is 0 Å². The number of nitrogens with zero attached hydrogens (tertiary/aromatic N) is 7. The lowest BCUT2D eigenvalue weighted by atomic mass is 9.90. The van der Waals surface area contributed by atoms with Crippen LogP contribution < -0.4 is 14.7 Å². The summed E-state index contributed by atoms with van der Waals surface area (Å²) in [5.74, 6) is 0.524. The third kappa shape index (κ3) is 6.71. The number of aryl methyl sites for hydroxylation is 2. The predicted octanol–water partition coefficient (Wildman–Crippen LogP) is 6.29. The van der Waals surface area contributed by atoms with Crippen LogP contribution >= 0.6 is 0 Å². The van der Waals surface area contributed by atoms with Gasteiger partial charge in [-0.25, -0.2) is 14.8 Å². The smallest absolute Gasteiger partial charge is 0.416 e. The molecule has 16 heteroatoms. The number of anilines is 3. The van der Waals surface area contributed by atoms with Crippen LogP contribution in [0.4, 0.5) is 48.6 Å². The first kappa shape index (κ1) is 33.3. The molecule has 1 fully saturated rings. The number of hydrogen-bond acceptors (Lipinski definition) is 8. The molecule has 250 valence electrons. The Morgan fingerprint density at radius 3 is 2.17 bits per heavy atom. The van der Waals surface area contributed by atoms with Gasteiger partial charge in [-0.05, 0) is 50.5 Å². The van der Waals surface area contributed by atoms with Crippen molar-refractivity contribution in [3.05, 3.63) is 58.5 Å². The molecule has 5 rings (SSSR count). The van der Waals surface area contributed by atoms with Gasteiger partial charge in [-0.15, -0.1) is 0 Å². The van der Waals surface area contributed by atoms with E-state index in [0.29, 0.717) is 67.6 Å². The number of aromatic nitrogens is 4. The van der Waals surface area contributed by atoms with Gasteiger partial charge in [-0.1, -0.05) is 6.92 Å². The van der Waals surface area contributed by atoms with Crippen molar-refractivity contribution in [2.75, 3.05) is 47.6 Å². The standard InChI is InChI=1S/C30H35F6N7O3/c1-5-22-14-24(25-18(3)39-40(4)26(25)43(22)28(44)46-6-2)42(27-37-15-23(16-38-27)41-7-9-45-10-8-41)17-19-11-20(29(31,32)33)13-21(12-19)30(34,35)36/h11-13,15-16,22,24H,5-10,14,17H2,1-4H3. The highest BCUT2D eigenvalue weighted by atomic mass is 19.4. The van der Waals surface area contributed by atoms with Crippen LogP contribution in [0, 0.1) is 6.92 Å². The molecule has 1 aromatic carbocycles. The summed E-state index contributed by atoms with van der Waals surface area (Å²) >= 11 is 0. The second-order valence-electron chi connectivity index (χ2n) is 11.2. The summed E-state index contributed by atoms with van der Waals surface area (Å²) < 4.78 is 95.2. The van der Waals surface area contributed by atoms with E-state index >= 15 is 0 Å². The maximum atomic E-state index is 13.8. The van der Waals surface area contributed by atoms with Crippen molar-refractivity contribution < 1.29 is 40.6 Å². The number of hydrogen-bond donors (Lipinski definition) is 0. The summed E-state index contributed by atoms with van der Waals surface area (Å²) in [4.78, 5) is 27.4. The molecule has 0 saturated carbocycles. The Hall–Kier alpha value is -4.08. The molecule has 3 aromatic rings. The molecule has 46 heavy (non-hydrogen) atoms. The number of carbonyl (C=O) groups is 1. The molecule has 1 saturated heterocycles. The molecule has 10 nitrogen and oxygen atoms in total. The largest absolute Gasteiger partial charge is 0.449 e. The van der Waals surface area contributed by atoms with Gasteiger partial charge in [-0.2, -0.15) is 31.4 Å². The lowest BCUT2D eigenvalue weighted by Gasteiger charge is -2.42. The van der Waals surface area contributed by atoms with Crippen molar-refractivity contribution in [2.24, 2.45) is 7.05 Å². The van der Waals surface area contributed by atoms with Gasteiger partial charge < -0.3 is 19.3 Å². The number of carbonyl (C=O) groups excluding carboxylic acids is 1. The molecular weight excluding hydrogens is 620 g/mol. The van der Waals surface area contributed by atoms with Crippen LogP contribution in [0.3, 0.4) is 0 Å². The van der Waals surface area contributed by atoms with Gasteiger partial charge in [0.1, 0.15) is 5.82 Å². The van der Waals surface area contributed by atoms with Gasteiger partial charge in [0.25, 0.3) is 0 Å². The van der Waals surface area contributed by atoms with Crippen molar-refractivity contribution in [3.63, 3.8) is 0 Å². The Bertz CT molecular complexity index is 1510. The van der Waals surface area contributed by atoms with Crippen molar-refractivity contribution in [1.82, 2.24) is 19.7 Å². The van der Waals surface area contributed by atoms with Gasteiger partial charge in [0.2, 0.25) is 5.95 Å². The highest BCUT2D eigenvalue weighted by Gasteiger charge is 2.44. The Labute approximate surface area is 261 Å². The summed E-state index contributed by atoms with van der Waals surface area (Å²) in [5, 5.41) is 4.54. The quantitative estimate of drug-likeness (QED) is 0.275. The highest BCUT2D eigenvalue weighted by molar-refractivity contribution is 5.89. The number of halogens is 6. The zero-order valence-corrected chi connectivity index (χ0v) is 25.8. The van der Waals surface area contributed by atoms with Crippen LogP contribution in [-0.2, 0) is 35.4 Å². The molecule has 2 aliphatic heterocycles. The average molecular weight is 656 g/mol. The van der Waals surface area contributed by atoms with Crippen LogP contribution in [-0.4, -0.2) is 64.8 Å². The first-order valence-electron chi connectivity index (χ1n) is 14.9. The van der Waals surface area contributed by atoms with Crippen LogP contribution in [0.5, 0.6) is 0 Å². The average Bonchev–Trinajstić information content (AvgIpc) is 3.32. The van der Waals surface area contributed by atoms with Gasteiger partial charge in [0.05, 0.1) is 60.8 Å².